The average molecular weight is 244 g/mol. The molecular formula is C12H12N4O2. The van der Waals surface area contributed by atoms with E-state index in [0.717, 1.165) is 5.69 Å². The summed E-state index contributed by atoms with van der Waals surface area (Å²) in [6, 6.07) is 7.26. The van der Waals surface area contributed by atoms with E-state index in [1.807, 2.05) is 6.07 Å². The predicted octanol–water partition coefficient (Wildman–Crippen LogP) is 1.34. The minimum Gasteiger partial charge on any atom is -0.493 e. The van der Waals surface area contributed by atoms with E-state index < -0.39 is 0 Å². The number of nitrogens with zero attached hydrogens (tertiary/aromatic N) is 3. The molecule has 2 rings (SSSR count). The van der Waals surface area contributed by atoms with Gasteiger partial charge in [-0.1, -0.05) is 0 Å². The number of nitriles is 1. The van der Waals surface area contributed by atoms with Gasteiger partial charge in [-0.05, 0) is 12.1 Å². The molecule has 2 N–H and O–H groups in total. The largest absolute Gasteiger partial charge is 0.493 e. The number of hydrogen-bond acceptors (Lipinski definition) is 5. The Morgan fingerprint density at radius 3 is 2.56 bits per heavy atom. The lowest BCUT2D eigenvalue weighted by Crippen LogP contribution is -2.00. The Balaban J connectivity index is 2.51. The smallest absolute Gasteiger partial charge is 0.182 e. The normalized spacial score (nSPS) is 9.83. The van der Waals surface area contributed by atoms with E-state index >= 15 is 0 Å². The van der Waals surface area contributed by atoms with Gasteiger partial charge in [-0.25, -0.2) is 4.98 Å². The number of ether oxygens (including phenoxy) is 2. The molecule has 0 unspecified atom stereocenters. The number of nitrogens with two attached hydrogens (primary N) is 1. The van der Waals surface area contributed by atoms with Crippen LogP contribution in [-0.4, -0.2) is 23.8 Å². The summed E-state index contributed by atoms with van der Waals surface area (Å²) in [7, 11) is 3.12. The lowest BCUT2D eigenvalue weighted by molar-refractivity contribution is 0.355. The first-order chi connectivity index (χ1) is 8.71. The van der Waals surface area contributed by atoms with Crippen molar-refractivity contribution in [1.29, 1.82) is 5.26 Å². The first-order valence-electron chi connectivity index (χ1n) is 5.16. The molecular weight excluding hydrogens is 232 g/mol. The van der Waals surface area contributed by atoms with E-state index in [9.17, 15) is 0 Å². The third-order valence-corrected chi connectivity index (χ3v) is 2.56. The third kappa shape index (κ3) is 1.82. The highest BCUT2D eigenvalue weighted by atomic mass is 16.5. The molecule has 0 radical (unpaired) electrons. The van der Waals surface area contributed by atoms with Gasteiger partial charge in [-0.3, -0.25) is 4.57 Å². The van der Waals surface area contributed by atoms with Crippen LogP contribution < -0.4 is 15.2 Å². The zero-order valence-corrected chi connectivity index (χ0v) is 10.0. The van der Waals surface area contributed by atoms with Crippen molar-refractivity contribution in [3.8, 4) is 23.3 Å². The monoisotopic (exact) mass is 244 g/mol. The summed E-state index contributed by atoms with van der Waals surface area (Å²) in [4.78, 5) is 3.91. The number of methoxy groups -OCH3 is 2. The first-order valence-corrected chi connectivity index (χ1v) is 5.16. The molecule has 6 nitrogen and oxygen atoms in total. The van der Waals surface area contributed by atoms with Gasteiger partial charge in [0.1, 0.15) is 18.2 Å². The molecule has 1 aromatic carbocycles. The number of anilines is 1. The summed E-state index contributed by atoms with van der Waals surface area (Å²) in [6.07, 6.45) is 1.50. The summed E-state index contributed by atoms with van der Waals surface area (Å²) in [5.41, 5.74) is 6.76. The maximum Gasteiger partial charge on any atom is 0.182 e. The molecule has 0 aliphatic carbocycles. The van der Waals surface area contributed by atoms with Crippen molar-refractivity contribution < 1.29 is 9.47 Å². The number of rotatable bonds is 3. The van der Waals surface area contributed by atoms with Gasteiger partial charge in [0.2, 0.25) is 0 Å². The molecule has 6 heteroatoms. The lowest BCUT2D eigenvalue weighted by Gasteiger charge is -2.10. The predicted molar refractivity (Wildman–Crippen MR) is 65.8 cm³/mol. The van der Waals surface area contributed by atoms with Crippen molar-refractivity contribution >= 4 is 5.82 Å². The molecule has 0 amide bonds. The Kier molecular flexibility index (Phi) is 3.06. The number of hydrogen-bond donors (Lipinski definition) is 1. The van der Waals surface area contributed by atoms with E-state index in [-0.39, 0.29) is 5.69 Å². The third-order valence-electron chi connectivity index (χ3n) is 2.56. The van der Waals surface area contributed by atoms with E-state index in [0.29, 0.717) is 17.3 Å². The van der Waals surface area contributed by atoms with Crippen molar-refractivity contribution in [2.75, 3.05) is 20.0 Å². The van der Waals surface area contributed by atoms with Crippen LogP contribution in [0.1, 0.15) is 5.69 Å². The minimum absolute atomic E-state index is 0.199. The van der Waals surface area contributed by atoms with Gasteiger partial charge >= 0.3 is 0 Å². The molecule has 0 atom stereocenters. The molecule has 92 valence electrons. The van der Waals surface area contributed by atoms with Crippen molar-refractivity contribution in [3.05, 3.63) is 30.2 Å². The molecule has 0 aliphatic rings. The van der Waals surface area contributed by atoms with E-state index in [4.69, 9.17) is 20.5 Å². The minimum atomic E-state index is 0.199. The number of imidazole rings is 1. The van der Waals surface area contributed by atoms with Crippen LogP contribution in [0, 0.1) is 11.3 Å². The van der Waals surface area contributed by atoms with Gasteiger partial charge in [0.05, 0.1) is 19.9 Å². The lowest BCUT2D eigenvalue weighted by atomic mass is 10.2. The van der Waals surface area contributed by atoms with Gasteiger partial charge in [-0.15, -0.1) is 0 Å². The Hall–Kier alpha value is -2.68. The Morgan fingerprint density at radius 1 is 1.28 bits per heavy atom. The van der Waals surface area contributed by atoms with Crippen LogP contribution in [0.5, 0.6) is 11.5 Å². The molecule has 0 fully saturated rings. The number of benzene rings is 1. The fourth-order valence-electron chi connectivity index (χ4n) is 1.62. The molecule has 18 heavy (non-hydrogen) atoms. The average Bonchev–Trinajstić information content (AvgIpc) is 2.79. The van der Waals surface area contributed by atoms with Crippen molar-refractivity contribution in [2.24, 2.45) is 0 Å². The molecule has 0 aliphatic heterocycles. The maximum atomic E-state index is 8.81. The molecule has 2 aromatic rings. The quantitative estimate of drug-likeness (QED) is 0.880. The van der Waals surface area contributed by atoms with Crippen LogP contribution in [0.4, 0.5) is 5.82 Å². The highest BCUT2D eigenvalue weighted by Crippen LogP contribution is 2.30. The first kappa shape index (κ1) is 11.8. The van der Waals surface area contributed by atoms with Crippen molar-refractivity contribution in [2.45, 2.75) is 0 Å². The van der Waals surface area contributed by atoms with Crippen LogP contribution in [0.15, 0.2) is 24.5 Å². The molecule has 1 heterocycles. The zero-order chi connectivity index (χ0) is 13.1. The summed E-state index contributed by atoms with van der Waals surface area (Å²) in [5.74, 6) is 1.51. The highest BCUT2D eigenvalue weighted by molar-refractivity contribution is 5.55. The zero-order valence-electron chi connectivity index (χ0n) is 10.0. The fraction of sp³-hybridized carbons (Fsp3) is 0.167. The summed E-state index contributed by atoms with van der Waals surface area (Å²) in [5, 5.41) is 8.81. The molecule has 0 bridgehead atoms. The topological polar surface area (TPSA) is 86.1 Å². The van der Waals surface area contributed by atoms with Gasteiger partial charge < -0.3 is 15.2 Å². The van der Waals surface area contributed by atoms with E-state index in [1.54, 1.807) is 37.0 Å². The van der Waals surface area contributed by atoms with Crippen molar-refractivity contribution in [3.63, 3.8) is 0 Å². The molecule has 0 spiro atoms. The van der Waals surface area contributed by atoms with Gasteiger partial charge in [0.25, 0.3) is 0 Å². The summed E-state index contributed by atoms with van der Waals surface area (Å²) in [6.45, 7) is 0. The second-order valence-corrected chi connectivity index (χ2v) is 3.50. The van der Waals surface area contributed by atoms with Gasteiger partial charge in [-0.2, -0.15) is 5.26 Å². The summed E-state index contributed by atoms with van der Waals surface area (Å²) < 4.78 is 12.0. The van der Waals surface area contributed by atoms with Crippen LogP contribution in [0.25, 0.3) is 5.69 Å². The van der Waals surface area contributed by atoms with E-state index in [2.05, 4.69) is 4.98 Å². The van der Waals surface area contributed by atoms with Crippen LogP contribution >= 0.6 is 0 Å². The fourth-order valence-corrected chi connectivity index (χ4v) is 1.62. The maximum absolute atomic E-state index is 8.81. The number of aromatic nitrogens is 2. The van der Waals surface area contributed by atoms with Crippen LogP contribution in [-0.2, 0) is 0 Å². The van der Waals surface area contributed by atoms with E-state index in [1.165, 1.54) is 6.33 Å². The second kappa shape index (κ2) is 4.67. The molecule has 0 saturated heterocycles. The van der Waals surface area contributed by atoms with Crippen LogP contribution in [0.2, 0.25) is 0 Å². The van der Waals surface area contributed by atoms with Gasteiger partial charge in [0.15, 0.2) is 17.2 Å². The van der Waals surface area contributed by atoms with Crippen LogP contribution in [0.3, 0.4) is 0 Å². The SMILES string of the molecule is COc1ccc(-n2cnc(C#N)c2N)cc1OC. The molecule has 0 saturated carbocycles. The standard InChI is InChI=1S/C12H12N4O2/c1-17-10-4-3-8(5-11(10)18-2)16-7-15-9(6-13)12(16)14/h3-5,7H,14H2,1-2H3. The van der Waals surface area contributed by atoms with Gasteiger partial charge in [0, 0.05) is 6.07 Å². The Morgan fingerprint density at radius 2 is 2.00 bits per heavy atom. The molecule has 1 aromatic heterocycles. The Bertz CT molecular complexity index is 613. The highest BCUT2D eigenvalue weighted by Gasteiger charge is 2.11. The Labute approximate surface area is 104 Å². The second-order valence-electron chi connectivity index (χ2n) is 3.50. The summed E-state index contributed by atoms with van der Waals surface area (Å²) >= 11 is 0. The number of nitrogen functional groups attached to an aromatic ring is 1. The van der Waals surface area contributed by atoms with Crippen molar-refractivity contribution in [1.82, 2.24) is 9.55 Å².